The number of carbonyl (C=O) groups is 1. The van der Waals surface area contributed by atoms with Gasteiger partial charge in [-0.2, -0.15) is 0 Å². The predicted octanol–water partition coefficient (Wildman–Crippen LogP) is 3.55. The van der Waals surface area contributed by atoms with Gasteiger partial charge >= 0.3 is 0 Å². The van der Waals surface area contributed by atoms with Crippen molar-refractivity contribution in [2.24, 2.45) is 0 Å². The molecule has 0 bridgehead atoms. The minimum atomic E-state index is -3.66. The molecule has 2 aromatic carbocycles. The van der Waals surface area contributed by atoms with E-state index in [1.165, 1.54) is 5.56 Å². The van der Waals surface area contributed by atoms with Gasteiger partial charge in [-0.1, -0.05) is 54.9 Å². The van der Waals surface area contributed by atoms with Crippen molar-refractivity contribution < 1.29 is 13.2 Å². The number of halogens is 1. The summed E-state index contributed by atoms with van der Waals surface area (Å²) in [6.45, 7) is 3.60. The van der Waals surface area contributed by atoms with Crippen molar-refractivity contribution in [2.45, 2.75) is 26.3 Å². The molecule has 0 aliphatic carbocycles. The summed E-state index contributed by atoms with van der Waals surface area (Å²) in [6, 6.07) is 14.3. The molecule has 140 valence electrons. The van der Waals surface area contributed by atoms with Crippen LogP contribution in [-0.2, 0) is 21.2 Å². The van der Waals surface area contributed by atoms with Gasteiger partial charge in [0.25, 0.3) is 0 Å². The highest BCUT2D eigenvalue weighted by Crippen LogP contribution is 2.27. The van der Waals surface area contributed by atoms with E-state index in [9.17, 15) is 13.2 Å². The standard InChI is InChI=1S/C19H23ClN2O3S/c1-4-15-9-11-16(12-10-15)14(2)21-19(23)13-22(26(3,24)25)18-8-6-5-7-17(18)20/h5-12,14H,4,13H2,1-3H3,(H,21,23). The zero-order valence-electron chi connectivity index (χ0n) is 15.1. The quantitative estimate of drug-likeness (QED) is 0.780. The second-order valence-corrected chi connectivity index (χ2v) is 8.42. The Balaban J connectivity index is 2.13. The molecule has 0 saturated heterocycles. The fraction of sp³-hybridized carbons (Fsp3) is 0.316. The van der Waals surface area contributed by atoms with Crippen LogP contribution in [0.1, 0.15) is 31.0 Å². The Bertz CT molecular complexity index is 867. The third-order valence-electron chi connectivity index (χ3n) is 4.07. The van der Waals surface area contributed by atoms with Gasteiger partial charge in [-0.25, -0.2) is 8.42 Å². The van der Waals surface area contributed by atoms with Crippen LogP contribution in [0.25, 0.3) is 0 Å². The van der Waals surface area contributed by atoms with Crippen molar-refractivity contribution in [1.82, 2.24) is 5.32 Å². The first kappa shape index (κ1) is 20.3. The van der Waals surface area contributed by atoms with Crippen LogP contribution < -0.4 is 9.62 Å². The molecule has 0 aliphatic rings. The Morgan fingerprint density at radius 2 is 1.77 bits per heavy atom. The average Bonchev–Trinajstić information content (AvgIpc) is 2.59. The minimum absolute atomic E-state index is 0.235. The van der Waals surface area contributed by atoms with E-state index in [0.717, 1.165) is 22.5 Å². The zero-order chi connectivity index (χ0) is 19.3. The molecule has 1 unspecified atom stereocenters. The van der Waals surface area contributed by atoms with E-state index >= 15 is 0 Å². The van der Waals surface area contributed by atoms with Gasteiger partial charge in [-0.05, 0) is 36.6 Å². The number of anilines is 1. The lowest BCUT2D eigenvalue weighted by molar-refractivity contribution is -0.120. The number of hydrogen-bond donors (Lipinski definition) is 1. The Kier molecular flexibility index (Phi) is 6.67. The molecule has 0 heterocycles. The maximum atomic E-state index is 12.4. The smallest absolute Gasteiger partial charge is 0.241 e. The molecular formula is C19H23ClN2O3S. The van der Waals surface area contributed by atoms with E-state index in [0.29, 0.717) is 0 Å². The van der Waals surface area contributed by atoms with Gasteiger partial charge < -0.3 is 5.32 Å². The summed E-state index contributed by atoms with van der Waals surface area (Å²) in [5.74, 6) is -0.401. The first-order chi connectivity index (χ1) is 12.2. The molecule has 7 heteroatoms. The number of rotatable bonds is 7. The molecule has 1 N–H and O–H groups in total. The highest BCUT2D eigenvalue weighted by molar-refractivity contribution is 7.92. The SMILES string of the molecule is CCc1ccc(C(C)NC(=O)CN(c2ccccc2Cl)S(C)(=O)=O)cc1. The second kappa shape index (κ2) is 8.56. The summed E-state index contributed by atoms with van der Waals surface area (Å²) in [7, 11) is -3.66. The maximum Gasteiger partial charge on any atom is 0.241 e. The van der Waals surface area contributed by atoms with E-state index in [1.807, 2.05) is 31.2 Å². The van der Waals surface area contributed by atoms with Crippen LogP contribution in [0, 0.1) is 0 Å². The molecular weight excluding hydrogens is 372 g/mol. The van der Waals surface area contributed by atoms with Crippen LogP contribution >= 0.6 is 11.6 Å². The Hall–Kier alpha value is -2.05. The third kappa shape index (κ3) is 5.22. The number of amides is 1. The van der Waals surface area contributed by atoms with Gasteiger partial charge in [-0.3, -0.25) is 9.10 Å². The van der Waals surface area contributed by atoms with Gasteiger partial charge in [0.05, 0.1) is 23.0 Å². The van der Waals surface area contributed by atoms with Crippen molar-refractivity contribution >= 4 is 33.2 Å². The predicted molar refractivity (Wildman–Crippen MR) is 106 cm³/mol. The fourth-order valence-corrected chi connectivity index (χ4v) is 3.73. The number of carbonyl (C=O) groups excluding carboxylic acids is 1. The molecule has 2 aromatic rings. The van der Waals surface area contributed by atoms with Gasteiger partial charge in [0, 0.05) is 0 Å². The molecule has 26 heavy (non-hydrogen) atoms. The van der Waals surface area contributed by atoms with E-state index < -0.39 is 15.9 Å². The summed E-state index contributed by atoms with van der Waals surface area (Å²) >= 11 is 6.10. The van der Waals surface area contributed by atoms with Crippen LogP contribution in [0.15, 0.2) is 48.5 Å². The first-order valence-corrected chi connectivity index (χ1v) is 10.6. The first-order valence-electron chi connectivity index (χ1n) is 8.32. The summed E-state index contributed by atoms with van der Waals surface area (Å²) < 4.78 is 25.3. The van der Waals surface area contributed by atoms with Crippen LogP contribution in [0.3, 0.4) is 0 Å². The van der Waals surface area contributed by atoms with Gasteiger partial charge in [0.15, 0.2) is 0 Å². The van der Waals surface area contributed by atoms with Gasteiger partial charge in [0.1, 0.15) is 6.54 Å². The minimum Gasteiger partial charge on any atom is -0.348 e. The molecule has 1 amide bonds. The topological polar surface area (TPSA) is 66.5 Å². The number of aryl methyl sites for hydroxylation is 1. The summed E-state index contributed by atoms with van der Waals surface area (Å²) in [6.07, 6.45) is 2.00. The van der Waals surface area contributed by atoms with Crippen LogP contribution in [0.2, 0.25) is 5.02 Å². The lowest BCUT2D eigenvalue weighted by Crippen LogP contribution is -2.41. The number of sulfonamides is 1. The van der Waals surface area contributed by atoms with Crippen LogP contribution in [0.5, 0.6) is 0 Å². The lowest BCUT2D eigenvalue weighted by Gasteiger charge is -2.24. The summed E-state index contributed by atoms with van der Waals surface area (Å²) in [5, 5.41) is 3.11. The van der Waals surface area contributed by atoms with E-state index in [-0.39, 0.29) is 23.3 Å². The largest absolute Gasteiger partial charge is 0.348 e. The van der Waals surface area contributed by atoms with Crippen molar-refractivity contribution in [3.05, 3.63) is 64.7 Å². The Morgan fingerprint density at radius 1 is 1.15 bits per heavy atom. The van der Waals surface area contributed by atoms with Crippen molar-refractivity contribution in [2.75, 3.05) is 17.1 Å². The normalized spacial score (nSPS) is 12.5. The molecule has 5 nitrogen and oxygen atoms in total. The Morgan fingerprint density at radius 3 is 2.31 bits per heavy atom. The highest BCUT2D eigenvalue weighted by Gasteiger charge is 2.23. The fourth-order valence-electron chi connectivity index (χ4n) is 2.58. The molecule has 1 atom stereocenters. The number of nitrogens with one attached hydrogen (secondary N) is 1. The molecule has 0 aromatic heterocycles. The lowest BCUT2D eigenvalue weighted by atomic mass is 10.1. The molecule has 0 aliphatic heterocycles. The van der Waals surface area contributed by atoms with E-state index in [4.69, 9.17) is 11.6 Å². The van der Waals surface area contributed by atoms with Gasteiger partial charge in [-0.15, -0.1) is 0 Å². The molecule has 0 fully saturated rings. The number of para-hydroxylation sites is 1. The van der Waals surface area contributed by atoms with E-state index in [1.54, 1.807) is 24.3 Å². The number of nitrogens with zero attached hydrogens (tertiary/aromatic N) is 1. The van der Waals surface area contributed by atoms with Crippen LogP contribution in [-0.4, -0.2) is 27.1 Å². The average molecular weight is 395 g/mol. The zero-order valence-corrected chi connectivity index (χ0v) is 16.6. The van der Waals surface area contributed by atoms with Crippen molar-refractivity contribution in [3.63, 3.8) is 0 Å². The van der Waals surface area contributed by atoms with Crippen molar-refractivity contribution in [3.8, 4) is 0 Å². The number of benzene rings is 2. The Labute approximate surface area is 160 Å². The third-order valence-corrected chi connectivity index (χ3v) is 5.52. The highest BCUT2D eigenvalue weighted by atomic mass is 35.5. The van der Waals surface area contributed by atoms with Crippen molar-refractivity contribution in [1.29, 1.82) is 0 Å². The number of hydrogen-bond acceptors (Lipinski definition) is 3. The maximum absolute atomic E-state index is 12.4. The van der Waals surface area contributed by atoms with Crippen LogP contribution in [0.4, 0.5) is 5.69 Å². The van der Waals surface area contributed by atoms with E-state index in [2.05, 4.69) is 12.2 Å². The molecule has 2 rings (SSSR count). The molecule has 0 radical (unpaired) electrons. The summed E-state index contributed by atoms with van der Waals surface area (Å²) in [5.41, 5.74) is 2.46. The molecule has 0 spiro atoms. The second-order valence-electron chi connectivity index (χ2n) is 6.11. The monoisotopic (exact) mass is 394 g/mol. The molecule has 0 saturated carbocycles. The summed E-state index contributed by atoms with van der Waals surface area (Å²) in [4.78, 5) is 12.4. The van der Waals surface area contributed by atoms with Gasteiger partial charge in [0.2, 0.25) is 15.9 Å².